The number of nitrogens with one attached hydrogen (secondary N) is 1. The minimum Gasteiger partial charge on any atom is -0.376 e. The van der Waals surface area contributed by atoms with Gasteiger partial charge in [-0.3, -0.25) is 4.98 Å². The van der Waals surface area contributed by atoms with Gasteiger partial charge >= 0.3 is 0 Å². The van der Waals surface area contributed by atoms with Gasteiger partial charge in [-0.05, 0) is 18.1 Å². The summed E-state index contributed by atoms with van der Waals surface area (Å²) >= 11 is 5.40. The maximum absolute atomic E-state index is 5.40. The number of aromatic nitrogens is 1. The van der Waals surface area contributed by atoms with Gasteiger partial charge in [0, 0.05) is 12.7 Å². The first-order valence-corrected chi connectivity index (χ1v) is 5.87. The van der Waals surface area contributed by atoms with Crippen LogP contribution in [0.1, 0.15) is 25.5 Å². The Hall–Kier alpha value is -1.22. The molecule has 16 heavy (non-hydrogen) atoms. The maximum atomic E-state index is 5.40. The lowest BCUT2D eigenvalue weighted by atomic mass is 9.92. The molecular weight excluding hydrogens is 216 g/mol. The van der Waals surface area contributed by atoms with Gasteiger partial charge in [-0.25, -0.2) is 0 Å². The second-order valence-corrected chi connectivity index (χ2v) is 4.45. The van der Waals surface area contributed by atoms with Crippen molar-refractivity contribution in [2.75, 3.05) is 6.54 Å². The van der Waals surface area contributed by atoms with E-state index in [0.29, 0.717) is 12.5 Å². The van der Waals surface area contributed by atoms with E-state index in [1.165, 1.54) is 0 Å². The third-order valence-electron chi connectivity index (χ3n) is 2.38. The molecule has 1 aromatic rings. The second-order valence-electron chi connectivity index (χ2n) is 4.01. The van der Waals surface area contributed by atoms with E-state index in [9.17, 15) is 0 Å². The fourth-order valence-corrected chi connectivity index (χ4v) is 2.10. The number of thiocarbonyl (C=S) groups is 1. The Morgan fingerprint density at radius 3 is 2.81 bits per heavy atom. The van der Waals surface area contributed by atoms with E-state index in [0.717, 1.165) is 10.7 Å². The third kappa shape index (κ3) is 3.42. The molecule has 1 heterocycles. The number of nitrogens with zero attached hydrogens (tertiary/aromatic N) is 1. The lowest BCUT2D eigenvalue weighted by molar-refractivity contribution is 0.585. The highest BCUT2D eigenvalue weighted by atomic mass is 32.1. The standard InChI is InChI=1S/C13H18N2S/c1-4-8-15-13(16)12(10(2)3)11-7-5-6-9-14-11/h4-7,9-10,12H,1,8H2,2-3H3,(H,15,16). The number of pyridine rings is 1. The molecule has 0 bridgehead atoms. The topological polar surface area (TPSA) is 24.9 Å². The molecule has 1 rings (SSSR count). The van der Waals surface area contributed by atoms with E-state index >= 15 is 0 Å². The number of hydrogen-bond acceptors (Lipinski definition) is 2. The molecule has 0 aromatic carbocycles. The van der Waals surface area contributed by atoms with Gasteiger partial charge in [-0.2, -0.15) is 0 Å². The molecule has 86 valence electrons. The van der Waals surface area contributed by atoms with Gasteiger partial charge in [0.2, 0.25) is 0 Å². The highest BCUT2D eigenvalue weighted by molar-refractivity contribution is 7.80. The van der Waals surface area contributed by atoms with Gasteiger partial charge in [-0.1, -0.05) is 38.2 Å². The van der Waals surface area contributed by atoms with E-state index in [1.54, 1.807) is 6.20 Å². The van der Waals surface area contributed by atoms with Gasteiger partial charge in [0.1, 0.15) is 0 Å². The van der Waals surface area contributed by atoms with Crippen LogP contribution in [0.3, 0.4) is 0 Å². The summed E-state index contributed by atoms with van der Waals surface area (Å²) in [7, 11) is 0. The molecule has 0 aliphatic heterocycles. The van der Waals surface area contributed by atoms with Crippen molar-refractivity contribution in [3.63, 3.8) is 0 Å². The molecule has 0 spiro atoms. The summed E-state index contributed by atoms with van der Waals surface area (Å²) in [5.41, 5.74) is 1.03. The van der Waals surface area contributed by atoms with Crippen LogP contribution in [0.4, 0.5) is 0 Å². The van der Waals surface area contributed by atoms with Crippen LogP contribution in [0.25, 0.3) is 0 Å². The Kier molecular flexibility index (Phi) is 5.12. The van der Waals surface area contributed by atoms with E-state index in [1.807, 2.05) is 24.3 Å². The smallest absolute Gasteiger partial charge is 0.0850 e. The molecule has 0 fully saturated rings. The van der Waals surface area contributed by atoms with Crippen molar-refractivity contribution in [1.29, 1.82) is 0 Å². The van der Waals surface area contributed by atoms with Gasteiger partial charge in [0.25, 0.3) is 0 Å². The highest BCUT2D eigenvalue weighted by Gasteiger charge is 2.21. The summed E-state index contributed by atoms with van der Waals surface area (Å²) in [6.45, 7) is 8.68. The number of rotatable bonds is 5. The molecule has 0 aliphatic rings. The average molecular weight is 234 g/mol. The van der Waals surface area contributed by atoms with Crippen molar-refractivity contribution in [1.82, 2.24) is 10.3 Å². The van der Waals surface area contributed by atoms with E-state index in [-0.39, 0.29) is 5.92 Å². The van der Waals surface area contributed by atoms with Crippen molar-refractivity contribution in [3.8, 4) is 0 Å². The minimum atomic E-state index is 0.177. The zero-order valence-corrected chi connectivity index (χ0v) is 10.6. The summed E-state index contributed by atoms with van der Waals surface area (Å²) in [5.74, 6) is 0.607. The molecule has 0 saturated carbocycles. The fraction of sp³-hybridized carbons (Fsp3) is 0.385. The molecule has 0 saturated heterocycles. The van der Waals surface area contributed by atoms with Gasteiger partial charge in [0.05, 0.1) is 16.6 Å². The van der Waals surface area contributed by atoms with Crippen LogP contribution < -0.4 is 5.32 Å². The summed E-state index contributed by atoms with van der Waals surface area (Å²) in [4.78, 5) is 5.22. The molecule has 1 atom stereocenters. The van der Waals surface area contributed by atoms with Gasteiger partial charge in [0.15, 0.2) is 0 Å². The molecule has 1 N–H and O–H groups in total. The Morgan fingerprint density at radius 1 is 1.56 bits per heavy atom. The summed E-state index contributed by atoms with van der Waals surface area (Å²) in [6.07, 6.45) is 3.61. The van der Waals surface area contributed by atoms with Crippen LogP contribution >= 0.6 is 12.2 Å². The van der Waals surface area contributed by atoms with Crippen LogP contribution in [0.2, 0.25) is 0 Å². The average Bonchev–Trinajstić information content (AvgIpc) is 2.27. The van der Waals surface area contributed by atoms with Gasteiger partial charge in [-0.15, -0.1) is 6.58 Å². The molecule has 0 aliphatic carbocycles. The highest BCUT2D eigenvalue weighted by Crippen LogP contribution is 2.23. The molecule has 3 heteroatoms. The molecule has 1 unspecified atom stereocenters. The van der Waals surface area contributed by atoms with Crippen LogP contribution in [-0.2, 0) is 0 Å². The fourth-order valence-electron chi connectivity index (χ4n) is 1.62. The largest absolute Gasteiger partial charge is 0.376 e. The monoisotopic (exact) mass is 234 g/mol. The maximum Gasteiger partial charge on any atom is 0.0850 e. The van der Waals surface area contributed by atoms with E-state index in [4.69, 9.17) is 12.2 Å². The zero-order valence-electron chi connectivity index (χ0n) is 9.81. The summed E-state index contributed by atoms with van der Waals surface area (Å²) in [6, 6.07) is 5.93. The minimum absolute atomic E-state index is 0.177. The van der Waals surface area contributed by atoms with E-state index < -0.39 is 0 Å². The third-order valence-corrected chi connectivity index (χ3v) is 2.77. The van der Waals surface area contributed by atoms with Crippen molar-refractivity contribution in [3.05, 3.63) is 42.7 Å². The molecule has 0 radical (unpaired) electrons. The summed E-state index contributed by atoms with van der Waals surface area (Å²) in [5, 5.41) is 3.19. The van der Waals surface area contributed by atoms with Crippen molar-refractivity contribution in [2.45, 2.75) is 19.8 Å². The summed E-state index contributed by atoms with van der Waals surface area (Å²) < 4.78 is 0. The lowest BCUT2D eigenvalue weighted by Crippen LogP contribution is -2.30. The van der Waals surface area contributed by atoms with Crippen LogP contribution in [0.15, 0.2) is 37.1 Å². The first-order valence-electron chi connectivity index (χ1n) is 5.46. The van der Waals surface area contributed by atoms with E-state index in [2.05, 4.69) is 30.7 Å². The molecule has 0 amide bonds. The quantitative estimate of drug-likeness (QED) is 0.626. The van der Waals surface area contributed by atoms with Crippen molar-refractivity contribution < 1.29 is 0 Å². The predicted octanol–water partition coefficient (Wildman–Crippen LogP) is 2.92. The molecular formula is C13H18N2S. The normalized spacial score (nSPS) is 12.2. The van der Waals surface area contributed by atoms with Crippen LogP contribution in [-0.4, -0.2) is 16.5 Å². The first kappa shape index (κ1) is 12.8. The Balaban J connectivity index is 2.83. The SMILES string of the molecule is C=CCNC(=S)C(c1ccccn1)C(C)C. The Morgan fingerprint density at radius 2 is 2.31 bits per heavy atom. The van der Waals surface area contributed by atoms with Gasteiger partial charge < -0.3 is 5.32 Å². The Labute approximate surface area is 103 Å². The lowest BCUT2D eigenvalue weighted by Gasteiger charge is -2.21. The molecule has 2 nitrogen and oxygen atoms in total. The predicted molar refractivity (Wildman–Crippen MR) is 72.6 cm³/mol. The van der Waals surface area contributed by atoms with Crippen LogP contribution in [0, 0.1) is 5.92 Å². The Bertz CT molecular complexity index is 346. The van der Waals surface area contributed by atoms with Crippen LogP contribution in [0.5, 0.6) is 0 Å². The molecule has 1 aromatic heterocycles. The van der Waals surface area contributed by atoms with Crippen molar-refractivity contribution >= 4 is 17.2 Å². The zero-order chi connectivity index (χ0) is 12.0. The number of hydrogen-bond donors (Lipinski definition) is 1. The first-order chi connectivity index (χ1) is 7.66. The second kappa shape index (κ2) is 6.38. The van der Waals surface area contributed by atoms with Crippen molar-refractivity contribution in [2.24, 2.45) is 5.92 Å².